The number of hydrogen-bond acceptors (Lipinski definition) is 5. The van der Waals surface area contributed by atoms with E-state index in [2.05, 4.69) is 52.8 Å². The Morgan fingerprint density at radius 2 is 1.97 bits per heavy atom. The number of amides is 1. The maximum Gasteiger partial charge on any atom is 0.283 e. The van der Waals surface area contributed by atoms with Crippen molar-refractivity contribution in [2.45, 2.75) is 40.0 Å². The van der Waals surface area contributed by atoms with Crippen LogP contribution in [0.1, 0.15) is 48.7 Å². The number of fused-ring (bicyclic) bond motifs is 1. The molecular weight excluding hydrogens is 426 g/mol. The molecule has 2 aliphatic heterocycles. The molecule has 2 aliphatic rings. The highest BCUT2D eigenvalue weighted by atomic mass is 32.2. The number of aliphatic imine (C=N–C) groups is 1. The summed E-state index contributed by atoms with van der Waals surface area (Å²) < 4.78 is 2.95. The van der Waals surface area contributed by atoms with Crippen molar-refractivity contribution in [1.29, 1.82) is 5.41 Å². The number of hydrogen-bond donors (Lipinski definition) is 1. The Hall–Kier alpha value is -2.58. The predicted octanol–water partition coefficient (Wildman–Crippen LogP) is 5.55. The smallest absolute Gasteiger partial charge is 0.283 e. The Balaban J connectivity index is 1.69. The Kier molecular flexibility index (Phi) is 5.94. The Bertz CT molecular complexity index is 1160. The van der Waals surface area contributed by atoms with Gasteiger partial charge in [-0.3, -0.25) is 10.2 Å². The van der Waals surface area contributed by atoms with Gasteiger partial charge in [-0.05, 0) is 79.6 Å². The standard InChI is InChI=1S/C23H25N5OS2/c1-6-13(2)16-7-9-18(10-8-16)27-14(3)11-17(15(27)4)12-19-20(24)28-22(25-21(19)29)31-23(26-28)30-5/h7-13,24H,6H2,1-5H3/b19-12+,24-20?. The highest BCUT2D eigenvalue weighted by molar-refractivity contribution is 8.45. The Morgan fingerprint density at radius 3 is 2.61 bits per heavy atom. The highest BCUT2D eigenvalue weighted by Crippen LogP contribution is 2.32. The number of nitrogens with zero attached hydrogens (tertiary/aromatic N) is 4. The van der Waals surface area contributed by atoms with Crippen molar-refractivity contribution in [2.75, 3.05) is 6.26 Å². The van der Waals surface area contributed by atoms with Crippen molar-refractivity contribution in [3.63, 3.8) is 0 Å². The second-order valence-corrected chi connectivity index (χ2v) is 9.66. The molecule has 2 aromatic rings. The van der Waals surface area contributed by atoms with E-state index >= 15 is 0 Å². The molecule has 0 aliphatic carbocycles. The molecule has 0 saturated heterocycles. The van der Waals surface area contributed by atoms with Crippen LogP contribution in [0.3, 0.4) is 0 Å². The van der Waals surface area contributed by atoms with Crippen molar-refractivity contribution in [1.82, 2.24) is 9.58 Å². The van der Waals surface area contributed by atoms with E-state index in [-0.39, 0.29) is 11.4 Å². The van der Waals surface area contributed by atoms with Gasteiger partial charge in [0.2, 0.25) is 5.17 Å². The second kappa shape index (κ2) is 8.51. The summed E-state index contributed by atoms with van der Waals surface area (Å²) >= 11 is 2.79. The van der Waals surface area contributed by atoms with Gasteiger partial charge in [-0.1, -0.05) is 26.0 Å². The van der Waals surface area contributed by atoms with Gasteiger partial charge >= 0.3 is 0 Å². The lowest BCUT2D eigenvalue weighted by atomic mass is 9.98. The predicted molar refractivity (Wildman–Crippen MR) is 132 cm³/mol. The summed E-state index contributed by atoms with van der Waals surface area (Å²) in [7, 11) is 0. The van der Waals surface area contributed by atoms with Gasteiger partial charge in [-0.25, -0.2) is 0 Å². The van der Waals surface area contributed by atoms with E-state index in [9.17, 15) is 4.79 Å². The molecule has 0 saturated carbocycles. The van der Waals surface area contributed by atoms with E-state index in [0.29, 0.717) is 11.1 Å². The molecule has 6 nitrogen and oxygen atoms in total. The van der Waals surface area contributed by atoms with Crippen LogP contribution in [0.4, 0.5) is 0 Å². The van der Waals surface area contributed by atoms with Crippen LogP contribution in [0.5, 0.6) is 0 Å². The summed E-state index contributed by atoms with van der Waals surface area (Å²) in [6.45, 7) is 8.52. The minimum atomic E-state index is -0.399. The van der Waals surface area contributed by atoms with Crippen molar-refractivity contribution in [3.05, 3.63) is 58.4 Å². The third kappa shape index (κ3) is 3.90. The maximum absolute atomic E-state index is 12.6. The van der Waals surface area contributed by atoms with E-state index in [1.165, 1.54) is 34.1 Å². The molecule has 1 unspecified atom stereocenters. The number of nitrogens with one attached hydrogen (secondary N) is 1. The number of thioether (sulfide) groups is 2. The summed E-state index contributed by atoms with van der Waals surface area (Å²) in [6.07, 6.45) is 4.78. The molecule has 1 amide bonds. The fourth-order valence-corrected chi connectivity index (χ4v) is 5.08. The summed E-state index contributed by atoms with van der Waals surface area (Å²) in [5.74, 6) is 0.200. The first-order valence-corrected chi connectivity index (χ1v) is 12.2. The first-order chi connectivity index (χ1) is 14.8. The topological polar surface area (TPSA) is 73.8 Å². The van der Waals surface area contributed by atoms with Gasteiger partial charge < -0.3 is 4.57 Å². The van der Waals surface area contributed by atoms with Crippen LogP contribution in [0, 0.1) is 19.3 Å². The fraction of sp³-hybridized carbons (Fsp3) is 0.304. The van der Waals surface area contributed by atoms with Crippen molar-refractivity contribution >= 4 is 50.9 Å². The zero-order valence-corrected chi connectivity index (χ0v) is 19.9. The quantitative estimate of drug-likeness (QED) is 0.619. The Labute approximate surface area is 191 Å². The van der Waals surface area contributed by atoms with Gasteiger partial charge in [0, 0.05) is 17.1 Å². The van der Waals surface area contributed by atoms with Crippen LogP contribution in [-0.2, 0) is 4.79 Å². The van der Waals surface area contributed by atoms with Crippen LogP contribution in [-0.4, -0.2) is 37.1 Å². The summed E-state index contributed by atoms with van der Waals surface area (Å²) in [5, 5.41) is 14.8. The van der Waals surface area contributed by atoms with Crippen molar-refractivity contribution in [2.24, 2.45) is 10.1 Å². The van der Waals surface area contributed by atoms with E-state index in [1.54, 1.807) is 6.08 Å². The number of carbonyl (C=O) groups is 1. The normalized spacial score (nSPS) is 18.4. The fourth-order valence-electron chi connectivity index (χ4n) is 3.73. The van der Waals surface area contributed by atoms with Crippen molar-refractivity contribution < 1.29 is 4.79 Å². The molecule has 1 aromatic heterocycles. The maximum atomic E-state index is 12.6. The lowest BCUT2D eigenvalue weighted by Crippen LogP contribution is -2.35. The molecule has 160 valence electrons. The van der Waals surface area contributed by atoms with E-state index in [0.717, 1.165) is 33.4 Å². The first kappa shape index (κ1) is 21.6. The third-order valence-electron chi connectivity index (χ3n) is 5.71. The molecule has 0 spiro atoms. The number of aromatic nitrogens is 1. The molecule has 1 N–H and O–H groups in total. The third-order valence-corrected chi connectivity index (χ3v) is 7.60. The largest absolute Gasteiger partial charge is 0.318 e. The SMILES string of the molecule is CCC(C)c1ccc(-n2c(C)cc(/C=C3\C(=N)N4N=C(SC)SC4=NC3=O)c2C)cc1. The van der Waals surface area contributed by atoms with Crippen LogP contribution < -0.4 is 0 Å². The van der Waals surface area contributed by atoms with Gasteiger partial charge in [0.15, 0.2) is 10.2 Å². The Morgan fingerprint density at radius 1 is 1.26 bits per heavy atom. The van der Waals surface area contributed by atoms with Crippen LogP contribution in [0.25, 0.3) is 11.8 Å². The number of rotatable bonds is 4. The van der Waals surface area contributed by atoms with Gasteiger partial charge in [-0.15, -0.1) is 16.9 Å². The molecule has 3 heterocycles. The summed E-state index contributed by atoms with van der Waals surface area (Å²) in [5.41, 5.74) is 5.65. The lowest BCUT2D eigenvalue weighted by Gasteiger charge is -2.20. The average molecular weight is 452 g/mol. The van der Waals surface area contributed by atoms with E-state index in [1.807, 2.05) is 26.2 Å². The lowest BCUT2D eigenvalue weighted by molar-refractivity contribution is -0.114. The summed E-state index contributed by atoms with van der Waals surface area (Å²) in [4.78, 5) is 16.8. The number of benzene rings is 1. The molecule has 31 heavy (non-hydrogen) atoms. The van der Waals surface area contributed by atoms with Gasteiger partial charge in [0.05, 0.1) is 5.57 Å². The molecule has 0 radical (unpaired) electrons. The first-order valence-electron chi connectivity index (χ1n) is 10.2. The molecule has 8 heteroatoms. The molecule has 0 bridgehead atoms. The van der Waals surface area contributed by atoms with Crippen LogP contribution >= 0.6 is 23.5 Å². The van der Waals surface area contributed by atoms with Crippen LogP contribution in [0.15, 0.2) is 46.0 Å². The molecule has 4 rings (SSSR count). The number of hydrazone groups is 1. The van der Waals surface area contributed by atoms with E-state index < -0.39 is 5.91 Å². The highest BCUT2D eigenvalue weighted by Gasteiger charge is 2.35. The average Bonchev–Trinajstić information content (AvgIpc) is 3.30. The molecular formula is C23H25N5OS2. The minimum absolute atomic E-state index is 0.0641. The zero-order chi connectivity index (χ0) is 22.3. The monoisotopic (exact) mass is 451 g/mol. The van der Waals surface area contributed by atoms with E-state index in [4.69, 9.17) is 5.41 Å². The van der Waals surface area contributed by atoms with Gasteiger partial charge in [0.25, 0.3) is 5.91 Å². The number of carbonyl (C=O) groups excluding carboxylic acids is 1. The van der Waals surface area contributed by atoms with Gasteiger partial charge in [-0.2, -0.15) is 10.0 Å². The zero-order valence-electron chi connectivity index (χ0n) is 18.3. The second-order valence-electron chi connectivity index (χ2n) is 7.65. The number of aryl methyl sites for hydroxylation is 1. The molecule has 1 atom stereocenters. The van der Waals surface area contributed by atoms with Crippen molar-refractivity contribution in [3.8, 4) is 5.69 Å². The summed E-state index contributed by atoms with van der Waals surface area (Å²) in [6, 6.07) is 10.7. The van der Waals surface area contributed by atoms with Gasteiger partial charge in [0.1, 0.15) is 0 Å². The molecule has 0 fully saturated rings. The molecule has 1 aromatic carbocycles. The van der Waals surface area contributed by atoms with Crippen LogP contribution in [0.2, 0.25) is 0 Å². The minimum Gasteiger partial charge on any atom is -0.318 e. The number of amidine groups is 2.